The summed E-state index contributed by atoms with van der Waals surface area (Å²) < 4.78 is 51.1. The van der Waals surface area contributed by atoms with Crippen molar-refractivity contribution >= 4 is 11.9 Å². The molecule has 0 spiro atoms. The summed E-state index contributed by atoms with van der Waals surface area (Å²) in [6.07, 6.45) is -3.89. The van der Waals surface area contributed by atoms with Crippen molar-refractivity contribution in [2.24, 2.45) is 0 Å². The van der Waals surface area contributed by atoms with Gasteiger partial charge in [0.2, 0.25) is 0 Å². The van der Waals surface area contributed by atoms with Gasteiger partial charge in [-0.15, -0.1) is 0 Å². The fraction of sp³-hybridized carbons (Fsp3) is 0.294. The average Bonchev–Trinajstić information content (AvgIpc) is 3.11. The smallest absolute Gasteiger partial charge is 0.436 e. The van der Waals surface area contributed by atoms with E-state index in [1.165, 1.54) is 49.6 Å². The van der Waals surface area contributed by atoms with Crippen LogP contribution in [0.25, 0.3) is 0 Å². The van der Waals surface area contributed by atoms with Crippen LogP contribution in [0.5, 0.6) is 0 Å². The molecule has 1 atom stereocenters. The van der Waals surface area contributed by atoms with Crippen molar-refractivity contribution in [2.45, 2.75) is 25.3 Å². The maximum Gasteiger partial charge on any atom is 0.436 e. The number of rotatable bonds is 7. The lowest BCUT2D eigenvalue weighted by Crippen LogP contribution is -2.72. The van der Waals surface area contributed by atoms with Crippen LogP contribution in [0.2, 0.25) is 0 Å². The molecule has 6 nitrogen and oxygen atoms in total. The maximum absolute atomic E-state index is 13.8. The van der Waals surface area contributed by atoms with Crippen LogP contribution in [0.15, 0.2) is 53.1 Å². The van der Waals surface area contributed by atoms with Gasteiger partial charge in [0.15, 0.2) is 0 Å². The summed E-state index contributed by atoms with van der Waals surface area (Å²) >= 11 is 0. The largest absolute Gasteiger partial charge is 0.468 e. The number of carbonyl (C=O) groups excluding carboxylic acids is 2. The molecular weight excluding hydrogens is 353 g/mol. The van der Waals surface area contributed by atoms with Gasteiger partial charge in [-0.2, -0.15) is 13.2 Å². The Labute approximate surface area is 147 Å². The molecule has 9 heteroatoms. The molecule has 0 aliphatic carbocycles. The lowest BCUT2D eigenvalue weighted by molar-refractivity contribution is -0.219. The fourth-order valence-corrected chi connectivity index (χ4v) is 2.16. The third-order valence-electron chi connectivity index (χ3n) is 3.45. The first-order valence-electron chi connectivity index (χ1n) is 7.69. The van der Waals surface area contributed by atoms with E-state index in [1.807, 2.05) is 5.32 Å². The molecule has 0 aliphatic heterocycles. The number of benzene rings is 1. The molecule has 2 N–H and O–H groups in total. The highest BCUT2D eigenvalue weighted by Crippen LogP contribution is 2.30. The van der Waals surface area contributed by atoms with E-state index in [1.54, 1.807) is 11.4 Å². The molecule has 0 saturated heterocycles. The highest BCUT2D eigenvalue weighted by molar-refractivity contribution is 5.98. The second-order valence-corrected chi connectivity index (χ2v) is 5.22. The van der Waals surface area contributed by atoms with E-state index in [-0.39, 0.29) is 17.9 Å². The van der Waals surface area contributed by atoms with Gasteiger partial charge in [-0.1, -0.05) is 18.2 Å². The SMILES string of the molecule is CCOC(=O)[C@](NCc1ccco1)(NC(=O)c1ccccc1)C(F)(F)F. The summed E-state index contributed by atoms with van der Waals surface area (Å²) in [4.78, 5) is 24.5. The number of hydrogen-bond donors (Lipinski definition) is 2. The number of hydrogen-bond acceptors (Lipinski definition) is 5. The van der Waals surface area contributed by atoms with Gasteiger partial charge in [-0.05, 0) is 31.2 Å². The van der Waals surface area contributed by atoms with Crippen LogP contribution >= 0.6 is 0 Å². The highest BCUT2D eigenvalue weighted by Gasteiger charge is 2.63. The van der Waals surface area contributed by atoms with Crippen molar-refractivity contribution in [2.75, 3.05) is 6.61 Å². The first-order valence-corrected chi connectivity index (χ1v) is 7.69. The Kier molecular flexibility index (Phi) is 6.04. The molecule has 0 radical (unpaired) electrons. The molecule has 1 aromatic carbocycles. The average molecular weight is 370 g/mol. The molecule has 1 heterocycles. The Balaban J connectivity index is 2.36. The molecule has 1 aromatic heterocycles. The van der Waals surface area contributed by atoms with Gasteiger partial charge in [0.1, 0.15) is 5.76 Å². The van der Waals surface area contributed by atoms with E-state index in [2.05, 4.69) is 4.74 Å². The molecule has 1 amide bonds. The summed E-state index contributed by atoms with van der Waals surface area (Å²) in [5, 5.41) is 3.78. The van der Waals surface area contributed by atoms with Crippen molar-refractivity contribution in [3.63, 3.8) is 0 Å². The normalized spacial score (nSPS) is 13.7. The molecule has 0 saturated carbocycles. The summed E-state index contributed by atoms with van der Waals surface area (Å²) in [6, 6.07) is 10.2. The first-order chi connectivity index (χ1) is 12.3. The summed E-state index contributed by atoms with van der Waals surface area (Å²) in [5.41, 5.74) is -3.46. The molecule has 0 bridgehead atoms. The molecule has 0 fully saturated rings. The lowest BCUT2D eigenvalue weighted by Gasteiger charge is -2.34. The van der Waals surface area contributed by atoms with Gasteiger partial charge in [0.05, 0.1) is 19.4 Å². The third-order valence-corrected chi connectivity index (χ3v) is 3.45. The molecule has 0 unspecified atom stereocenters. The van der Waals surface area contributed by atoms with Crippen molar-refractivity contribution in [3.8, 4) is 0 Å². The van der Waals surface area contributed by atoms with Crippen molar-refractivity contribution < 1.29 is 31.9 Å². The topological polar surface area (TPSA) is 80.6 Å². The minimum absolute atomic E-state index is 0.0368. The quantitative estimate of drug-likeness (QED) is 0.579. The molecule has 26 heavy (non-hydrogen) atoms. The summed E-state index contributed by atoms with van der Waals surface area (Å²) in [5.74, 6) is -2.59. The fourth-order valence-electron chi connectivity index (χ4n) is 2.16. The predicted molar refractivity (Wildman–Crippen MR) is 84.9 cm³/mol. The zero-order chi connectivity index (χ0) is 19.2. The number of alkyl halides is 3. The van der Waals surface area contributed by atoms with Crippen LogP contribution in [0.1, 0.15) is 23.0 Å². The van der Waals surface area contributed by atoms with E-state index >= 15 is 0 Å². The number of nitrogens with one attached hydrogen (secondary N) is 2. The molecular formula is C17H17F3N2O4. The van der Waals surface area contributed by atoms with Crippen LogP contribution in [-0.4, -0.2) is 30.3 Å². The monoisotopic (exact) mass is 370 g/mol. The van der Waals surface area contributed by atoms with E-state index in [0.29, 0.717) is 0 Å². The van der Waals surface area contributed by atoms with E-state index in [4.69, 9.17) is 4.42 Å². The lowest BCUT2D eigenvalue weighted by atomic mass is 10.1. The van der Waals surface area contributed by atoms with Gasteiger partial charge < -0.3 is 14.5 Å². The summed E-state index contributed by atoms with van der Waals surface area (Å²) in [7, 11) is 0. The zero-order valence-electron chi connectivity index (χ0n) is 13.8. The maximum atomic E-state index is 13.8. The molecule has 140 valence electrons. The van der Waals surface area contributed by atoms with Crippen molar-refractivity contribution in [1.29, 1.82) is 0 Å². The zero-order valence-corrected chi connectivity index (χ0v) is 13.8. The Morgan fingerprint density at radius 2 is 1.81 bits per heavy atom. The van der Waals surface area contributed by atoms with Crippen molar-refractivity contribution in [1.82, 2.24) is 10.6 Å². The van der Waals surface area contributed by atoms with Crippen LogP contribution in [-0.2, 0) is 16.1 Å². The van der Waals surface area contributed by atoms with Gasteiger partial charge in [0, 0.05) is 5.56 Å². The first kappa shape index (κ1) is 19.5. The van der Waals surface area contributed by atoms with E-state index < -0.39 is 30.3 Å². The predicted octanol–water partition coefficient (Wildman–Crippen LogP) is 2.62. The Bertz CT molecular complexity index is 732. The number of amides is 1. The minimum Gasteiger partial charge on any atom is -0.468 e. The number of carbonyl (C=O) groups is 2. The van der Waals surface area contributed by atoms with Gasteiger partial charge in [-0.3, -0.25) is 10.1 Å². The van der Waals surface area contributed by atoms with Crippen LogP contribution in [0, 0.1) is 0 Å². The Morgan fingerprint density at radius 1 is 1.12 bits per heavy atom. The summed E-state index contributed by atoms with van der Waals surface area (Å²) in [6.45, 7) is 0.616. The van der Waals surface area contributed by atoms with Crippen LogP contribution in [0.4, 0.5) is 13.2 Å². The van der Waals surface area contributed by atoms with E-state index in [0.717, 1.165) is 0 Å². The van der Waals surface area contributed by atoms with Gasteiger partial charge in [-0.25, -0.2) is 4.79 Å². The van der Waals surface area contributed by atoms with E-state index in [9.17, 15) is 22.8 Å². The van der Waals surface area contributed by atoms with Crippen molar-refractivity contribution in [3.05, 3.63) is 60.1 Å². The number of esters is 1. The number of halogens is 3. The second-order valence-electron chi connectivity index (χ2n) is 5.22. The minimum atomic E-state index is -5.17. The molecule has 2 aromatic rings. The van der Waals surface area contributed by atoms with Crippen LogP contribution < -0.4 is 10.6 Å². The van der Waals surface area contributed by atoms with Crippen LogP contribution in [0.3, 0.4) is 0 Å². The second kappa shape index (κ2) is 8.05. The molecule has 2 rings (SSSR count). The Morgan fingerprint density at radius 3 is 2.35 bits per heavy atom. The Hall–Kier alpha value is -2.81. The molecule has 0 aliphatic rings. The standard InChI is InChI=1S/C17H17F3N2O4/c1-2-25-15(24)16(17(18,19)20,21-11-13-9-6-10-26-13)22-14(23)12-7-4-3-5-8-12/h3-10,21H,2,11H2,1H3,(H,22,23)/t16-/m0/s1. The van der Waals surface area contributed by atoms with Gasteiger partial charge >= 0.3 is 12.1 Å². The highest BCUT2D eigenvalue weighted by atomic mass is 19.4. The number of furan rings is 1. The van der Waals surface area contributed by atoms with Gasteiger partial charge in [0.25, 0.3) is 11.6 Å². The number of ether oxygens (including phenoxy) is 1. The third kappa shape index (κ3) is 4.23.